The van der Waals surface area contributed by atoms with Crippen LogP contribution in [0.25, 0.3) is 10.4 Å². The SMILES string of the molecule is [N-]=[N+]=NCCN1CCOC[C@@H]2CCCC[C@H]21. The molecule has 0 unspecified atom stereocenters. The summed E-state index contributed by atoms with van der Waals surface area (Å²) in [6, 6.07) is 0.658. The molecular formula is C11H20N4O. The van der Waals surface area contributed by atoms with Gasteiger partial charge in [0.15, 0.2) is 0 Å². The van der Waals surface area contributed by atoms with Gasteiger partial charge >= 0.3 is 0 Å². The largest absolute Gasteiger partial charge is 0.380 e. The number of fused-ring (bicyclic) bond motifs is 1. The maximum atomic E-state index is 8.30. The quantitative estimate of drug-likeness (QED) is 0.419. The van der Waals surface area contributed by atoms with Crippen molar-refractivity contribution in [3.63, 3.8) is 0 Å². The lowest BCUT2D eigenvalue weighted by Crippen LogP contribution is -2.43. The molecule has 2 fully saturated rings. The van der Waals surface area contributed by atoms with Gasteiger partial charge in [0, 0.05) is 30.6 Å². The summed E-state index contributed by atoms with van der Waals surface area (Å²) in [7, 11) is 0. The minimum absolute atomic E-state index is 0.583. The Hall–Kier alpha value is -0.770. The number of rotatable bonds is 3. The molecule has 1 heterocycles. The van der Waals surface area contributed by atoms with E-state index in [1.54, 1.807) is 0 Å². The number of azide groups is 1. The first-order valence-electron chi connectivity index (χ1n) is 6.24. The van der Waals surface area contributed by atoms with Crippen LogP contribution in [0.2, 0.25) is 0 Å². The zero-order valence-electron chi connectivity index (χ0n) is 9.72. The molecule has 0 aromatic rings. The fraction of sp³-hybridized carbons (Fsp3) is 1.00. The smallest absolute Gasteiger partial charge is 0.0593 e. The van der Waals surface area contributed by atoms with E-state index < -0.39 is 0 Å². The first-order chi connectivity index (χ1) is 7.92. The minimum atomic E-state index is 0.583. The Balaban J connectivity index is 1.94. The Morgan fingerprint density at radius 2 is 2.25 bits per heavy atom. The number of nitrogens with zero attached hydrogens (tertiary/aromatic N) is 4. The third kappa shape index (κ3) is 2.88. The molecule has 0 bridgehead atoms. The summed E-state index contributed by atoms with van der Waals surface area (Å²) in [6.45, 7) is 4.20. The second-order valence-corrected chi connectivity index (χ2v) is 4.68. The van der Waals surface area contributed by atoms with Crippen molar-refractivity contribution in [3.05, 3.63) is 10.4 Å². The monoisotopic (exact) mass is 224 g/mol. The van der Waals surface area contributed by atoms with Gasteiger partial charge in [0.1, 0.15) is 0 Å². The second kappa shape index (κ2) is 6.09. The molecule has 0 aromatic carbocycles. The van der Waals surface area contributed by atoms with Gasteiger partial charge in [-0.05, 0) is 24.3 Å². The van der Waals surface area contributed by atoms with Crippen LogP contribution in [0.4, 0.5) is 0 Å². The maximum Gasteiger partial charge on any atom is 0.0593 e. The van der Waals surface area contributed by atoms with E-state index in [4.69, 9.17) is 10.3 Å². The summed E-state index contributed by atoms with van der Waals surface area (Å²) in [5.41, 5.74) is 8.30. The van der Waals surface area contributed by atoms with Crippen molar-refractivity contribution in [1.82, 2.24) is 4.90 Å². The molecule has 0 amide bonds. The van der Waals surface area contributed by atoms with Gasteiger partial charge in [-0.2, -0.15) is 0 Å². The molecule has 1 aliphatic carbocycles. The van der Waals surface area contributed by atoms with Gasteiger partial charge in [0.05, 0.1) is 13.2 Å². The Labute approximate surface area is 96.4 Å². The summed E-state index contributed by atoms with van der Waals surface area (Å²) < 4.78 is 5.66. The lowest BCUT2D eigenvalue weighted by molar-refractivity contribution is 0.0948. The standard InChI is InChI=1S/C11H20N4O/c12-14-13-5-6-15-7-8-16-9-10-3-1-2-4-11(10)15/h10-11H,1-9H2/t10-,11+/m0/s1. The average Bonchev–Trinajstić information content (AvgIpc) is 2.52. The van der Waals surface area contributed by atoms with Gasteiger partial charge in [-0.25, -0.2) is 0 Å². The van der Waals surface area contributed by atoms with Crippen LogP contribution in [-0.4, -0.2) is 43.8 Å². The molecule has 1 aliphatic heterocycles. The molecule has 0 spiro atoms. The van der Waals surface area contributed by atoms with Gasteiger partial charge in [-0.15, -0.1) is 0 Å². The van der Waals surface area contributed by atoms with E-state index in [9.17, 15) is 0 Å². The summed E-state index contributed by atoms with van der Waals surface area (Å²) in [4.78, 5) is 5.28. The van der Waals surface area contributed by atoms with Crippen LogP contribution < -0.4 is 0 Å². The Morgan fingerprint density at radius 1 is 1.38 bits per heavy atom. The predicted molar refractivity (Wildman–Crippen MR) is 62.2 cm³/mol. The first kappa shape index (κ1) is 11.7. The van der Waals surface area contributed by atoms with Crippen molar-refractivity contribution < 1.29 is 4.74 Å². The highest BCUT2D eigenvalue weighted by Crippen LogP contribution is 2.30. The normalized spacial score (nSPS) is 31.2. The van der Waals surface area contributed by atoms with Crippen LogP contribution in [0.15, 0.2) is 5.11 Å². The van der Waals surface area contributed by atoms with Crippen LogP contribution in [0, 0.1) is 5.92 Å². The molecule has 0 aromatic heterocycles. The number of hydrogen-bond donors (Lipinski definition) is 0. The third-order valence-corrected chi connectivity index (χ3v) is 3.74. The molecule has 1 saturated carbocycles. The molecular weight excluding hydrogens is 204 g/mol. The number of ether oxygens (including phenoxy) is 1. The summed E-state index contributed by atoms with van der Waals surface area (Å²) in [6.07, 6.45) is 5.25. The van der Waals surface area contributed by atoms with E-state index in [1.807, 2.05) is 0 Å². The number of hydrogen-bond acceptors (Lipinski definition) is 3. The van der Waals surface area contributed by atoms with E-state index in [0.29, 0.717) is 18.5 Å². The van der Waals surface area contributed by atoms with Crippen LogP contribution in [0.1, 0.15) is 25.7 Å². The molecule has 90 valence electrons. The minimum Gasteiger partial charge on any atom is -0.380 e. The van der Waals surface area contributed by atoms with Gasteiger partial charge in [-0.1, -0.05) is 18.0 Å². The van der Waals surface area contributed by atoms with Crippen LogP contribution in [-0.2, 0) is 4.74 Å². The van der Waals surface area contributed by atoms with Gasteiger partial charge in [0.25, 0.3) is 0 Å². The fourth-order valence-electron chi connectivity index (χ4n) is 2.94. The molecule has 1 saturated heterocycles. The highest BCUT2D eigenvalue weighted by molar-refractivity contribution is 4.85. The zero-order valence-corrected chi connectivity index (χ0v) is 9.72. The topological polar surface area (TPSA) is 61.2 Å². The van der Waals surface area contributed by atoms with Gasteiger partial charge < -0.3 is 4.74 Å². The molecule has 0 radical (unpaired) electrons. The van der Waals surface area contributed by atoms with E-state index in [0.717, 1.165) is 26.3 Å². The average molecular weight is 224 g/mol. The Morgan fingerprint density at radius 3 is 3.12 bits per heavy atom. The maximum absolute atomic E-state index is 8.30. The highest BCUT2D eigenvalue weighted by atomic mass is 16.5. The molecule has 5 heteroatoms. The summed E-state index contributed by atoms with van der Waals surface area (Å²) >= 11 is 0. The van der Waals surface area contributed by atoms with Crippen molar-refractivity contribution in [3.8, 4) is 0 Å². The van der Waals surface area contributed by atoms with Crippen LogP contribution in [0.3, 0.4) is 0 Å². The van der Waals surface area contributed by atoms with Gasteiger partial charge in [-0.3, -0.25) is 4.90 Å². The van der Waals surface area contributed by atoms with Crippen molar-refractivity contribution in [2.45, 2.75) is 31.7 Å². The van der Waals surface area contributed by atoms with E-state index in [1.165, 1.54) is 25.7 Å². The molecule has 2 atom stereocenters. The van der Waals surface area contributed by atoms with Crippen LogP contribution in [0.5, 0.6) is 0 Å². The van der Waals surface area contributed by atoms with Crippen molar-refractivity contribution in [2.24, 2.45) is 11.0 Å². The lowest BCUT2D eigenvalue weighted by Gasteiger charge is -2.37. The third-order valence-electron chi connectivity index (χ3n) is 3.74. The van der Waals surface area contributed by atoms with E-state index in [-0.39, 0.29) is 0 Å². The van der Waals surface area contributed by atoms with Crippen molar-refractivity contribution >= 4 is 0 Å². The summed E-state index contributed by atoms with van der Waals surface area (Å²) in [5.74, 6) is 0.697. The highest BCUT2D eigenvalue weighted by Gasteiger charge is 2.31. The van der Waals surface area contributed by atoms with Crippen LogP contribution >= 0.6 is 0 Å². The summed E-state index contributed by atoms with van der Waals surface area (Å²) in [5, 5.41) is 3.63. The molecule has 16 heavy (non-hydrogen) atoms. The Bertz CT molecular complexity index is 265. The molecule has 2 rings (SSSR count). The van der Waals surface area contributed by atoms with Crippen molar-refractivity contribution in [2.75, 3.05) is 32.8 Å². The zero-order chi connectivity index (χ0) is 11.2. The lowest BCUT2D eigenvalue weighted by atomic mass is 9.84. The molecule has 5 nitrogen and oxygen atoms in total. The molecule has 0 N–H and O–H groups in total. The fourth-order valence-corrected chi connectivity index (χ4v) is 2.94. The molecule has 2 aliphatic rings. The first-order valence-corrected chi connectivity index (χ1v) is 6.24. The Kier molecular flexibility index (Phi) is 4.45. The second-order valence-electron chi connectivity index (χ2n) is 4.68. The predicted octanol–water partition coefficient (Wildman–Crippen LogP) is 2.19. The van der Waals surface area contributed by atoms with E-state index >= 15 is 0 Å². The van der Waals surface area contributed by atoms with E-state index in [2.05, 4.69) is 14.9 Å². The van der Waals surface area contributed by atoms with Crippen molar-refractivity contribution in [1.29, 1.82) is 0 Å². The van der Waals surface area contributed by atoms with Gasteiger partial charge in [0.2, 0.25) is 0 Å².